The van der Waals surface area contributed by atoms with Crippen LogP contribution in [0.5, 0.6) is 0 Å². The van der Waals surface area contributed by atoms with E-state index in [1.54, 1.807) is 6.92 Å². The van der Waals surface area contributed by atoms with Crippen molar-refractivity contribution < 1.29 is 39.4 Å². The number of aliphatic hydroxyl groups excluding tert-OH is 3. The van der Waals surface area contributed by atoms with Gasteiger partial charge in [-0.15, -0.1) is 0 Å². The maximum Gasteiger partial charge on any atom is 0.317 e. The summed E-state index contributed by atoms with van der Waals surface area (Å²) in [5.74, 6) is -4.41. The van der Waals surface area contributed by atoms with Crippen molar-refractivity contribution >= 4 is 5.97 Å². The molecular weight excluding hydrogens is 488 g/mol. The van der Waals surface area contributed by atoms with Crippen LogP contribution in [0.3, 0.4) is 0 Å². The Hall–Kier alpha value is -3.11. The first-order chi connectivity index (χ1) is 18.2. The van der Waals surface area contributed by atoms with Gasteiger partial charge in [-0.1, -0.05) is 91.0 Å². The quantitative estimate of drug-likeness (QED) is 0.236. The van der Waals surface area contributed by atoms with E-state index in [9.17, 15) is 25.2 Å². The summed E-state index contributed by atoms with van der Waals surface area (Å²) in [6, 6.07) is 28.6. The fraction of sp³-hybridized carbons (Fsp3) is 0.367. The Morgan fingerprint density at radius 2 is 1.37 bits per heavy atom. The largest absolute Gasteiger partial charge is 0.466 e. The molecule has 0 aliphatic carbocycles. The molecule has 3 aromatic carbocycles. The molecule has 0 bridgehead atoms. The van der Waals surface area contributed by atoms with Gasteiger partial charge in [0.05, 0.1) is 13.2 Å². The molecule has 3 aromatic rings. The third-order valence-electron chi connectivity index (χ3n) is 6.91. The molecule has 4 N–H and O–H groups in total. The summed E-state index contributed by atoms with van der Waals surface area (Å²) in [5.41, 5.74) is 1.28. The molecular formula is C30H34O8. The van der Waals surface area contributed by atoms with Crippen LogP contribution in [0.2, 0.25) is 0 Å². The fourth-order valence-electron chi connectivity index (χ4n) is 5.08. The van der Waals surface area contributed by atoms with Crippen LogP contribution in [-0.2, 0) is 24.6 Å². The van der Waals surface area contributed by atoms with Gasteiger partial charge in [-0.2, -0.15) is 0 Å². The standard InChI is InChI=1S/C30H34O8/c1-3-36-28(34)24-26(33)27(38-29(24,2)35)25(32)23(31)19-37-30(20-13-7-4-8-14-20,21-15-9-5-10-16-21)22-17-11-6-12-18-22/h4-18,23-27,31-33,35H,3,19H2,1-2H3/t23-,24+,25+,26-,27-,29+/m1/s1. The number of benzene rings is 3. The minimum absolute atomic E-state index is 0.0440. The van der Waals surface area contributed by atoms with Gasteiger partial charge in [-0.3, -0.25) is 4.79 Å². The molecule has 38 heavy (non-hydrogen) atoms. The van der Waals surface area contributed by atoms with E-state index in [0.29, 0.717) is 0 Å². The molecule has 1 aliphatic rings. The van der Waals surface area contributed by atoms with E-state index in [1.807, 2.05) is 91.0 Å². The summed E-state index contributed by atoms with van der Waals surface area (Å²) >= 11 is 0. The van der Waals surface area contributed by atoms with Crippen molar-refractivity contribution in [3.63, 3.8) is 0 Å². The highest BCUT2D eigenvalue weighted by molar-refractivity contribution is 5.74. The second-order valence-electron chi connectivity index (χ2n) is 9.51. The average Bonchev–Trinajstić information content (AvgIpc) is 3.18. The van der Waals surface area contributed by atoms with Crippen molar-refractivity contribution in [2.24, 2.45) is 5.92 Å². The highest BCUT2D eigenvalue weighted by Crippen LogP contribution is 2.41. The molecule has 0 saturated carbocycles. The van der Waals surface area contributed by atoms with E-state index >= 15 is 0 Å². The van der Waals surface area contributed by atoms with Crippen molar-refractivity contribution in [2.75, 3.05) is 13.2 Å². The minimum atomic E-state index is -2.10. The van der Waals surface area contributed by atoms with Crippen LogP contribution in [0, 0.1) is 5.92 Å². The first-order valence-corrected chi connectivity index (χ1v) is 12.6. The maximum atomic E-state index is 12.3. The Balaban J connectivity index is 1.64. The minimum Gasteiger partial charge on any atom is -0.466 e. The van der Waals surface area contributed by atoms with Crippen LogP contribution < -0.4 is 0 Å². The number of hydrogen-bond donors (Lipinski definition) is 4. The van der Waals surface area contributed by atoms with Gasteiger partial charge in [0.25, 0.3) is 0 Å². The highest BCUT2D eigenvalue weighted by Gasteiger charge is 2.58. The number of carbonyl (C=O) groups is 1. The molecule has 1 aliphatic heterocycles. The van der Waals surface area contributed by atoms with Gasteiger partial charge in [0.2, 0.25) is 0 Å². The smallest absolute Gasteiger partial charge is 0.317 e. The molecule has 0 amide bonds. The lowest BCUT2D eigenvalue weighted by molar-refractivity contribution is -0.225. The molecule has 8 heteroatoms. The van der Waals surface area contributed by atoms with E-state index < -0.39 is 47.7 Å². The first-order valence-electron chi connectivity index (χ1n) is 12.6. The predicted octanol–water partition coefficient (Wildman–Crippen LogP) is 2.36. The van der Waals surface area contributed by atoms with Gasteiger partial charge < -0.3 is 34.6 Å². The third kappa shape index (κ3) is 5.37. The molecule has 202 valence electrons. The molecule has 1 heterocycles. The third-order valence-corrected chi connectivity index (χ3v) is 6.91. The van der Waals surface area contributed by atoms with Crippen LogP contribution in [0.4, 0.5) is 0 Å². The second kappa shape index (κ2) is 11.7. The number of aliphatic hydroxyl groups is 4. The highest BCUT2D eigenvalue weighted by atomic mass is 16.7. The summed E-state index contributed by atoms with van der Waals surface area (Å²) < 4.78 is 16.9. The zero-order valence-electron chi connectivity index (χ0n) is 21.4. The molecule has 8 nitrogen and oxygen atoms in total. The van der Waals surface area contributed by atoms with E-state index in [4.69, 9.17) is 14.2 Å². The first kappa shape index (κ1) is 27.9. The summed E-state index contributed by atoms with van der Waals surface area (Å²) in [7, 11) is 0. The lowest BCUT2D eigenvalue weighted by Gasteiger charge is -2.37. The lowest BCUT2D eigenvalue weighted by Crippen LogP contribution is -2.48. The van der Waals surface area contributed by atoms with Gasteiger partial charge in [-0.05, 0) is 30.5 Å². The zero-order valence-corrected chi connectivity index (χ0v) is 21.4. The summed E-state index contributed by atoms with van der Waals surface area (Å²) in [4.78, 5) is 12.3. The number of carbonyl (C=O) groups excluding carboxylic acids is 1. The molecule has 6 atom stereocenters. The van der Waals surface area contributed by atoms with Crippen LogP contribution >= 0.6 is 0 Å². The molecule has 0 spiro atoms. The van der Waals surface area contributed by atoms with E-state index in [-0.39, 0.29) is 13.2 Å². The van der Waals surface area contributed by atoms with Gasteiger partial charge in [0, 0.05) is 0 Å². The Bertz CT molecular complexity index is 1070. The molecule has 0 unspecified atom stereocenters. The maximum absolute atomic E-state index is 12.3. The van der Waals surface area contributed by atoms with Crippen molar-refractivity contribution in [1.82, 2.24) is 0 Å². The van der Waals surface area contributed by atoms with E-state index in [2.05, 4.69) is 0 Å². The molecule has 1 saturated heterocycles. The molecule has 4 rings (SSSR count). The average molecular weight is 523 g/mol. The summed E-state index contributed by atoms with van der Waals surface area (Å²) in [6.45, 7) is 2.49. The predicted molar refractivity (Wildman–Crippen MR) is 139 cm³/mol. The SMILES string of the molecule is CCOC(=O)[C@@H]1[C@@H](O)[C@@H]([C@@H](O)[C@H](O)COC(c2ccccc2)(c2ccccc2)c2ccccc2)O[C@]1(C)O. The van der Waals surface area contributed by atoms with Gasteiger partial charge in [0.15, 0.2) is 5.79 Å². The van der Waals surface area contributed by atoms with Crippen LogP contribution in [-0.4, -0.2) is 69.8 Å². The topological polar surface area (TPSA) is 126 Å². The Morgan fingerprint density at radius 1 is 0.921 bits per heavy atom. The normalized spacial score (nSPS) is 25.1. The monoisotopic (exact) mass is 522 g/mol. The van der Waals surface area contributed by atoms with Crippen LogP contribution in [0.1, 0.15) is 30.5 Å². The van der Waals surface area contributed by atoms with E-state index in [0.717, 1.165) is 16.7 Å². The zero-order chi connectivity index (χ0) is 27.3. The van der Waals surface area contributed by atoms with Crippen molar-refractivity contribution in [2.45, 2.75) is 49.7 Å². The number of ether oxygens (including phenoxy) is 3. The Kier molecular flexibility index (Phi) is 8.62. The second-order valence-corrected chi connectivity index (χ2v) is 9.51. The number of rotatable bonds is 10. The van der Waals surface area contributed by atoms with Crippen LogP contribution in [0.15, 0.2) is 91.0 Å². The summed E-state index contributed by atoms with van der Waals surface area (Å²) in [6.07, 6.45) is -6.30. The fourth-order valence-corrected chi connectivity index (χ4v) is 5.08. The van der Waals surface area contributed by atoms with Crippen LogP contribution in [0.25, 0.3) is 0 Å². The van der Waals surface area contributed by atoms with E-state index in [1.165, 1.54) is 6.92 Å². The van der Waals surface area contributed by atoms with Gasteiger partial charge >= 0.3 is 5.97 Å². The lowest BCUT2D eigenvalue weighted by atomic mass is 9.80. The number of hydrogen-bond acceptors (Lipinski definition) is 8. The Labute approximate surface area is 222 Å². The van der Waals surface area contributed by atoms with Gasteiger partial charge in [0.1, 0.15) is 35.9 Å². The van der Waals surface area contributed by atoms with Crippen molar-refractivity contribution in [3.05, 3.63) is 108 Å². The summed E-state index contributed by atoms with van der Waals surface area (Å²) in [5, 5.41) is 43.4. The molecule has 0 aromatic heterocycles. The molecule has 1 fully saturated rings. The van der Waals surface area contributed by atoms with Crippen molar-refractivity contribution in [1.29, 1.82) is 0 Å². The Morgan fingerprint density at radius 3 is 1.79 bits per heavy atom. The van der Waals surface area contributed by atoms with Crippen molar-refractivity contribution in [3.8, 4) is 0 Å². The van der Waals surface area contributed by atoms with Gasteiger partial charge in [-0.25, -0.2) is 0 Å². The molecule has 0 radical (unpaired) electrons. The number of esters is 1.